The Balaban J connectivity index is 2.32. The minimum absolute atomic E-state index is 0.0173. The molecule has 1 aliphatic carbocycles. The molecule has 0 bridgehead atoms. The molecule has 1 N–H and O–H groups in total. The Hall–Kier alpha value is -0.360. The van der Waals surface area contributed by atoms with Gasteiger partial charge in [0.25, 0.3) is 5.91 Å². The molecule has 0 aromatic heterocycles. The number of nitrogens with one attached hydrogen (secondary N) is 1. The molecular formula is C10H8ClFINO. The SMILES string of the molecule is O=C(NC1CC1)c1c(I)ccc(Cl)c1F. The van der Waals surface area contributed by atoms with Crippen molar-refractivity contribution in [1.82, 2.24) is 5.32 Å². The van der Waals surface area contributed by atoms with Crippen LogP contribution in [0.25, 0.3) is 0 Å². The number of amides is 1. The van der Waals surface area contributed by atoms with Gasteiger partial charge in [0, 0.05) is 9.61 Å². The largest absolute Gasteiger partial charge is 0.349 e. The molecule has 1 amide bonds. The molecule has 1 saturated carbocycles. The van der Waals surface area contributed by atoms with Crippen molar-refractivity contribution in [3.05, 3.63) is 32.1 Å². The molecule has 0 aliphatic heterocycles. The second-order valence-electron chi connectivity index (χ2n) is 3.47. The van der Waals surface area contributed by atoms with Gasteiger partial charge in [-0.3, -0.25) is 4.79 Å². The standard InChI is InChI=1S/C10H8ClFINO/c11-6-3-4-7(13)8(9(6)12)10(15)14-5-1-2-5/h3-5H,1-2H2,(H,14,15). The lowest BCUT2D eigenvalue weighted by Crippen LogP contribution is -2.27. The number of halogens is 3. The predicted molar refractivity (Wildman–Crippen MR) is 64.6 cm³/mol. The van der Waals surface area contributed by atoms with Crippen molar-refractivity contribution < 1.29 is 9.18 Å². The third-order valence-corrected chi connectivity index (χ3v) is 3.37. The van der Waals surface area contributed by atoms with E-state index in [1.807, 2.05) is 22.6 Å². The van der Waals surface area contributed by atoms with Gasteiger partial charge in [0.2, 0.25) is 0 Å². The second-order valence-corrected chi connectivity index (χ2v) is 5.04. The van der Waals surface area contributed by atoms with Crippen LogP contribution in [0.2, 0.25) is 5.02 Å². The van der Waals surface area contributed by atoms with E-state index in [-0.39, 0.29) is 22.5 Å². The molecule has 1 aliphatic rings. The van der Waals surface area contributed by atoms with Gasteiger partial charge in [0.05, 0.1) is 10.6 Å². The van der Waals surface area contributed by atoms with Gasteiger partial charge in [-0.1, -0.05) is 11.6 Å². The molecule has 0 atom stereocenters. The lowest BCUT2D eigenvalue weighted by molar-refractivity contribution is 0.0946. The van der Waals surface area contributed by atoms with Gasteiger partial charge in [-0.2, -0.15) is 0 Å². The summed E-state index contributed by atoms with van der Waals surface area (Å²) >= 11 is 7.55. The van der Waals surface area contributed by atoms with Crippen molar-refractivity contribution in [2.75, 3.05) is 0 Å². The molecule has 0 unspecified atom stereocenters. The second kappa shape index (κ2) is 4.25. The van der Waals surface area contributed by atoms with Crippen LogP contribution in [0.1, 0.15) is 23.2 Å². The Bertz CT molecular complexity index is 420. The van der Waals surface area contributed by atoms with Crippen LogP contribution in [0.15, 0.2) is 12.1 Å². The van der Waals surface area contributed by atoms with E-state index < -0.39 is 5.82 Å². The van der Waals surface area contributed by atoms with Crippen molar-refractivity contribution >= 4 is 40.1 Å². The Morgan fingerprint density at radius 3 is 2.80 bits per heavy atom. The topological polar surface area (TPSA) is 29.1 Å². The minimum atomic E-state index is -0.637. The van der Waals surface area contributed by atoms with E-state index >= 15 is 0 Å². The molecule has 80 valence electrons. The van der Waals surface area contributed by atoms with E-state index in [2.05, 4.69) is 5.32 Å². The molecule has 0 spiro atoms. The van der Waals surface area contributed by atoms with E-state index in [9.17, 15) is 9.18 Å². The van der Waals surface area contributed by atoms with Gasteiger partial charge in [0.1, 0.15) is 0 Å². The summed E-state index contributed by atoms with van der Waals surface area (Å²) in [5, 5.41) is 2.72. The first-order valence-electron chi connectivity index (χ1n) is 4.54. The molecule has 5 heteroatoms. The van der Waals surface area contributed by atoms with Crippen LogP contribution in [-0.4, -0.2) is 11.9 Å². The maximum Gasteiger partial charge on any atom is 0.255 e. The van der Waals surface area contributed by atoms with Crippen LogP contribution in [0, 0.1) is 9.39 Å². The molecule has 1 aromatic carbocycles. The fraction of sp³-hybridized carbons (Fsp3) is 0.300. The summed E-state index contributed by atoms with van der Waals surface area (Å²) in [6.45, 7) is 0. The predicted octanol–water partition coefficient (Wildman–Crippen LogP) is 2.98. The molecule has 1 fully saturated rings. The average Bonchev–Trinajstić information content (AvgIpc) is 2.96. The lowest BCUT2D eigenvalue weighted by Gasteiger charge is -2.07. The number of carbonyl (C=O) groups excluding carboxylic acids is 1. The van der Waals surface area contributed by atoms with Crippen LogP contribution < -0.4 is 5.32 Å². The highest BCUT2D eigenvalue weighted by Crippen LogP contribution is 2.25. The van der Waals surface area contributed by atoms with Crippen molar-refractivity contribution in [1.29, 1.82) is 0 Å². The molecular weight excluding hydrogens is 331 g/mol. The zero-order chi connectivity index (χ0) is 11.0. The van der Waals surface area contributed by atoms with Crippen molar-refractivity contribution in [2.24, 2.45) is 0 Å². The fourth-order valence-corrected chi connectivity index (χ4v) is 2.04. The van der Waals surface area contributed by atoms with Crippen molar-refractivity contribution in [3.63, 3.8) is 0 Å². The smallest absolute Gasteiger partial charge is 0.255 e. The summed E-state index contributed by atoms with van der Waals surface area (Å²) in [7, 11) is 0. The van der Waals surface area contributed by atoms with Gasteiger partial charge in [-0.05, 0) is 47.6 Å². The van der Waals surface area contributed by atoms with Crippen LogP contribution in [0.4, 0.5) is 4.39 Å². The van der Waals surface area contributed by atoms with Gasteiger partial charge in [-0.25, -0.2) is 4.39 Å². The zero-order valence-electron chi connectivity index (χ0n) is 7.69. The van der Waals surface area contributed by atoms with Crippen molar-refractivity contribution in [2.45, 2.75) is 18.9 Å². The number of hydrogen-bond acceptors (Lipinski definition) is 1. The van der Waals surface area contributed by atoms with Crippen LogP contribution in [0.3, 0.4) is 0 Å². The third-order valence-electron chi connectivity index (χ3n) is 2.18. The number of carbonyl (C=O) groups is 1. The highest BCUT2D eigenvalue weighted by atomic mass is 127. The summed E-state index contributed by atoms with van der Waals surface area (Å²) in [6.07, 6.45) is 1.95. The van der Waals surface area contributed by atoms with E-state index in [0.717, 1.165) is 12.8 Å². The number of rotatable bonds is 2. The van der Waals surface area contributed by atoms with E-state index in [4.69, 9.17) is 11.6 Å². The normalized spacial score (nSPS) is 15.1. The summed E-state index contributed by atoms with van der Waals surface area (Å²) in [6, 6.07) is 3.30. The lowest BCUT2D eigenvalue weighted by atomic mass is 10.2. The Kier molecular flexibility index (Phi) is 3.16. The first-order chi connectivity index (χ1) is 7.09. The summed E-state index contributed by atoms with van der Waals surface area (Å²) in [4.78, 5) is 11.7. The van der Waals surface area contributed by atoms with E-state index in [0.29, 0.717) is 3.57 Å². The summed E-state index contributed by atoms with van der Waals surface area (Å²) < 4.78 is 14.2. The maximum atomic E-state index is 13.6. The Morgan fingerprint density at radius 1 is 1.53 bits per heavy atom. The third kappa shape index (κ3) is 2.42. The van der Waals surface area contributed by atoms with Gasteiger partial charge in [0.15, 0.2) is 5.82 Å². The van der Waals surface area contributed by atoms with Gasteiger partial charge >= 0.3 is 0 Å². The monoisotopic (exact) mass is 339 g/mol. The van der Waals surface area contributed by atoms with Gasteiger partial charge in [-0.15, -0.1) is 0 Å². The highest BCUT2D eigenvalue weighted by Gasteiger charge is 2.26. The maximum absolute atomic E-state index is 13.6. The first-order valence-corrected chi connectivity index (χ1v) is 5.99. The molecule has 0 radical (unpaired) electrons. The van der Waals surface area contributed by atoms with Crippen LogP contribution >= 0.6 is 34.2 Å². The Labute approximate surface area is 105 Å². The summed E-state index contributed by atoms with van der Waals surface area (Å²) in [5.41, 5.74) is 0.0509. The quantitative estimate of drug-likeness (QED) is 0.651. The number of benzene rings is 1. The number of hydrogen-bond donors (Lipinski definition) is 1. The highest BCUT2D eigenvalue weighted by molar-refractivity contribution is 14.1. The molecule has 15 heavy (non-hydrogen) atoms. The molecule has 2 rings (SSSR count). The zero-order valence-corrected chi connectivity index (χ0v) is 10.6. The van der Waals surface area contributed by atoms with E-state index in [1.165, 1.54) is 6.07 Å². The summed E-state index contributed by atoms with van der Waals surface area (Å²) in [5.74, 6) is -1.01. The van der Waals surface area contributed by atoms with Crippen molar-refractivity contribution in [3.8, 4) is 0 Å². The van der Waals surface area contributed by atoms with Crippen LogP contribution in [-0.2, 0) is 0 Å². The Morgan fingerprint density at radius 2 is 2.20 bits per heavy atom. The molecule has 2 nitrogen and oxygen atoms in total. The molecule has 0 saturated heterocycles. The van der Waals surface area contributed by atoms with Gasteiger partial charge < -0.3 is 5.32 Å². The first kappa shape index (κ1) is 11.1. The molecule has 0 heterocycles. The molecule has 1 aromatic rings. The fourth-order valence-electron chi connectivity index (χ4n) is 1.22. The average molecular weight is 340 g/mol. The van der Waals surface area contributed by atoms with E-state index in [1.54, 1.807) is 6.07 Å². The van der Waals surface area contributed by atoms with Crippen LogP contribution in [0.5, 0.6) is 0 Å². The minimum Gasteiger partial charge on any atom is -0.349 e.